The SMILES string of the molecule is [c]1cccc2ncnn12. The van der Waals surface area contributed by atoms with Crippen LogP contribution in [-0.4, -0.2) is 14.6 Å². The van der Waals surface area contributed by atoms with E-state index in [4.69, 9.17) is 0 Å². The fraction of sp³-hybridized carbons (Fsp3) is 0. The number of nitrogens with zero attached hydrogens (tertiary/aromatic N) is 3. The highest BCUT2D eigenvalue weighted by molar-refractivity contribution is 5.34. The van der Waals surface area contributed by atoms with Crippen molar-refractivity contribution in [3.8, 4) is 0 Å². The molecule has 0 bridgehead atoms. The van der Waals surface area contributed by atoms with Gasteiger partial charge >= 0.3 is 0 Å². The van der Waals surface area contributed by atoms with Crippen LogP contribution in [0, 0.1) is 6.20 Å². The van der Waals surface area contributed by atoms with Crippen LogP contribution in [0.1, 0.15) is 0 Å². The molecule has 3 nitrogen and oxygen atoms in total. The van der Waals surface area contributed by atoms with E-state index in [1.807, 2.05) is 12.1 Å². The molecule has 0 N–H and O–H groups in total. The number of hydrogen-bond acceptors (Lipinski definition) is 2. The van der Waals surface area contributed by atoms with Crippen LogP contribution in [-0.2, 0) is 0 Å². The molecule has 2 rings (SSSR count). The van der Waals surface area contributed by atoms with Crippen molar-refractivity contribution in [2.75, 3.05) is 0 Å². The van der Waals surface area contributed by atoms with Crippen LogP contribution in [0.5, 0.6) is 0 Å². The molecule has 2 aromatic heterocycles. The smallest absolute Gasteiger partial charge is 0.156 e. The Hall–Kier alpha value is -1.38. The molecule has 1 radical (unpaired) electrons. The Balaban J connectivity index is 2.95. The molecule has 0 saturated carbocycles. The van der Waals surface area contributed by atoms with Gasteiger partial charge in [-0.1, -0.05) is 6.07 Å². The lowest BCUT2D eigenvalue weighted by Crippen LogP contribution is -1.83. The lowest BCUT2D eigenvalue weighted by atomic mass is 10.5. The summed E-state index contributed by atoms with van der Waals surface area (Å²) in [5.74, 6) is 0. The van der Waals surface area contributed by atoms with Crippen LogP contribution < -0.4 is 0 Å². The first-order chi connectivity index (χ1) is 4.47. The molecule has 43 valence electrons. The fourth-order valence-electron chi connectivity index (χ4n) is 0.711. The second-order valence-electron chi connectivity index (χ2n) is 1.68. The van der Waals surface area contributed by atoms with Gasteiger partial charge in [0.25, 0.3) is 0 Å². The maximum Gasteiger partial charge on any atom is 0.156 e. The van der Waals surface area contributed by atoms with E-state index in [9.17, 15) is 0 Å². The average molecular weight is 118 g/mol. The average Bonchev–Trinajstić information content (AvgIpc) is 2.33. The predicted molar refractivity (Wildman–Crippen MR) is 31.8 cm³/mol. The molecule has 0 atom stereocenters. The summed E-state index contributed by atoms with van der Waals surface area (Å²) in [7, 11) is 0. The zero-order valence-corrected chi connectivity index (χ0v) is 4.65. The van der Waals surface area contributed by atoms with E-state index >= 15 is 0 Å². The normalized spacial score (nSPS) is 10.2. The summed E-state index contributed by atoms with van der Waals surface area (Å²) < 4.78 is 1.60. The van der Waals surface area contributed by atoms with Crippen molar-refractivity contribution >= 4 is 5.65 Å². The Kier molecular flexibility index (Phi) is 0.773. The van der Waals surface area contributed by atoms with Gasteiger partial charge in [0.2, 0.25) is 0 Å². The minimum absolute atomic E-state index is 0.831. The number of pyridine rings is 1. The van der Waals surface area contributed by atoms with Gasteiger partial charge in [-0.05, 0) is 12.1 Å². The summed E-state index contributed by atoms with van der Waals surface area (Å²) in [6.07, 6.45) is 4.38. The minimum Gasteiger partial charge on any atom is -0.215 e. The molecule has 0 fully saturated rings. The van der Waals surface area contributed by atoms with Gasteiger partial charge in [0, 0.05) is 0 Å². The van der Waals surface area contributed by atoms with E-state index < -0.39 is 0 Å². The Bertz CT molecular complexity index is 282. The van der Waals surface area contributed by atoms with Crippen molar-refractivity contribution in [2.24, 2.45) is 0 Å². The van der Waals surface area contributed by atoms with Crippen LogP contribution in [0.2, 0.25) is 0 Å². The van der Waals surface area contributed by atoms with Crippen molar-refractivity contribution in [2.45, 2.75) is 0 Å². The third-order valence-corrected chi connectivity index (χ3v) is 1.11. The molecular formula is C6H4N3. The van der Waals surface area contributed by atoms with E-state index in [1.165, 1.54) is 6.33 Å². The Morgan fingerprint density at radius 2 is 2.56 bits per heavy atom. The number of hydrogen-bond donors (Lipinski definition) is 0. The van der Waals surface area contributed by atoms with Crippen molar-refractivity contribution in [1.29, 1.82) is 0 Å². The summed E-state index contributed by atoms with van der Waals surface area (Å²) in [6.45, 7) is 0. The maximum atomic E-state index is 3.94. The van der Waals surface area contributed by atoms with Crippen molar-refractivity contribution in [3.63, 3.8) is 0 Å². The molecule has 0 aliphatic rings. The standard InChI is InChI=1S/C6H4N3/c1-2-4-9-6(3-1)7-5-8-9/h1-3,5H. The van der Waals surface area contributed by atoms with Crippen LogP contribution in [0.25, 0.3) is 5.65 Å². The Morgan fingerprint density at radius 3 is 3.44 bits per heavy atom. The van der Waals surface area contributed by atoms with Crippen LogP contribution in [0.3, 0.4) is 0 Å². The van der Waals surface area contributed by atoms with E-state index in [-0.39, 0.29) is 0 Å². The first-order valence-corrected chi connectivity index (χ1v) is 2.63. The Labute approximate surface area is 52.0 Å². The number of aromatic nitrogens is 3. The van der Waals surface area contributed by atoms with Gasteiger partial charge in [-0.25, -0.2) is 9.50 Å². The van der Waals surface area contributed by atoms with Crippen LogP contribution in [0.4, 0.5) is 0 Å². The molecule has 0 spiro atoms. The molecule has 0 unspecified atom stereocenters. The third kappa shape index (κ3) is 0.579. The molecule has 2 aromatic rings. The molecule has 0 aliphatic heterocycles. The minimum atomic E-state index is 0.831. The first kappa shape index (κ1) is 4.49. The number of fused-ring (bicyclic) bond motifs is 1. The van der Waals surface area contributed by atoms with Gasteiger partial charge in [0.05, 0.1) is 6.20 Å². The van der Waals surface area contributed by atoms with Crippen molar-refractivity contribution in [1.82, 2.24) is 14.6 Å². The highest BCUT2D eigenvalue weighted by Gasteiger charge is 1.87. The highest BCUT2D eigenvalue weighted by atomic mass is 15.3. The summed E-state index contributed by atoms with van der Waals surface area (Å²) in [4.78, 5) is 3.94. The monoisotopic (exact) mass is 118 g/mol. The van der Waals surface area contributed by atoms with E-state index in [1.54, 1.807) is 10.6 Å². The summed E-state index contributed by atoms with van der Waals surface area (Å²) >= 11 is 0. The van der Waals surface area contributed by atoms with Gasteiger partial charge < -0.3 is 0 Å². The summed E-state index contributed by atoms with van der Waals surface area (Å²) in [5.41, 5.74) is 0.831. The molecule has 0 saturated heterocycles. The molecular weight excluding hydrogens is 114 g/mol. The third-order valence-electron chi connectivity index (χ3n) is 1.11. The highest BCUT2D eigenvalue weighted by Crippen LogP contribution is 1.92. The zero-order chi connectivity index (χ0) is 6.10. The summed E-state index contributed by atoms with van der Waals surface area (Å²) in [6, 6.07) is 5.55. The quantitative estimate of drug-likeness (QED) is 0.505. The molecule has 3 heteroatoms. The maximum absolute atomic E-state index is 3.94. The zero-order valence-electron chi connectivity index (χ0n) is 4.65. The summed E-state index contributed by atoms with van der Waals surface area (Å²) in [5, 5.41) is 3.87. The van der Waals surface area contributed by atoms with Crippen LogP contribution in [0.15, 0.2) is 24.5 Å². The molecule has 0 amide bonds. The van der Waals surface area contributed by atoms with Crippen molar-refractivity contribution in [3.05, 3.63) is 30.7 Å². The largest absolute Gasteiger partial charge is 0.215 e. The van der Waals surface area contributed by atoms with Gasteiger partial charge in [0.15, 0.2) is 5.65 Å². The second-order valence-corrected chi connectivity index (χ2v) is 1.68. The topological polar surface area (TPSA) is 30.2 Å². The fourth-order valence-corrected chi connectivity index (χ4v) is 0.711. The van der Waals surface area contributed by atoms with Gasteiger partial charge in [0.1, 0.15) is 6.33 Å². The van der Waals surface area contributed by atoms with E-state index in [0.29, 0.717) is 0 Å². The first-order valence-electron chi connectivity index (χ1n) is 2.63. The van der Waals surface area contributed by atoms with E-state index in [2.05, 4.69) is 16.3 Å². The Morgan fingerprint density at radius 1 is 1.56 bits per heavy atom. The van der Waals surface area contributed by atoms with Gasteiger partial charge in [-0.15, -0.1) is 0 Å². The molecule has 2 heterocycles. The van der Waals surface area contributed by atoms with Gasteiger partial charge in [-0.2, -0.15) is 5.10 Å². The van der Waals surface area contributed by atoms with E-state index in [0.717, 1.165) is 5.65 Å². The predicted octanol–water partition coefficient (Wildman–Crippen LogP) is 0.529. The lowest BCUT2D eigenvalue weighted by Gasteiger charge is -1.83. The lowest BCUT2D eigenvalue weighted by molar-refractivity contribution is 0.953. The molecule has 0 aromatic carbocycles. The second kappa shape index (κ2) is 1.55. The van der Waals surface area contributed by atoms with Crippen LogP contribution >= 0.6 is 0 Å². The van der Waals surface area contributed by atoms with Gasteiger partial charge in [-0.3, -0.25) is 0 Å². The molecule has 0 aliphatic carbocycles. The molecule has 9 heavy (non-hydrogen) atoms. The van der Waals surface area contributed by atoms with Crippen molar-refractivity contribution < 1.29 is 0 Å². The number of rotatable bonds is 0.